The second kappa shape index (κ2) is 5.32. The largest absolute Gasteiger partial charge is 0.507 e. The lowest BCUT2D eigenvalue weighted by Gasteiger charge is -2.09. The molecule has 0 saturated carbocycles. The van der Waals surface area contributed by atoms with Crippen LogP contribution in [-0.2, 0) is 0 Å². The normalized spacial score (nSPS) is 11.0. The molecule has 3 heteroatoms. The molecule has 0 amide bonds. The highest BCUT2D eigenvalue weighted by Gasteiger charge is 2.10. The zero-order valence-corrected chi connectivity index (χ0v) is 11.4. The van der Waals surface area contributed by atoms with Crippen LogP contribution in [0.15, 0.2) is 42.5 Å². The fourth-order valence-electron chi connectivity index (χ4n) is 1.80. The first kappa shape index (κ1) is 12.8. The van der Waals surface area contributed by atoms with Gasteiger partial charge in [-0.3, -0.25) is 4.79 Å². The Hall–Kier alpha value is -1.66. The molecule has 0 fully saturated rings. The lowest BCUT2D eigenvalue weighted by molar-refractivity contribution is 0.101. The SMILES string of the molecule is CC(=O)c1ccccc1Pc1cccc(C)c1O. The van der Waals surface area contributed by atoms with E-state index in [2.05, 4.69) is 0 Å². The van der Waals surface area contributed by atoms with Gasteiger partial charge in [-0.2, -0.15) is 0 Å². The molecule has 0 radical (unpaired) electrons. The summed E-state index contributed by atoms with van der Waals surface area (Å²) < 4.78 is 0. The molecule has 0 aliphatic carbocycles. The van der Waals surface area contributed by atoms with Crippen LogP contribution < -0.4 is 10.6 Å². The van der Waals surface area contributed by atoms with Gasteiger partial charge in [0.15, 0.2) is 5.78 Å². The van der Waals surface area contributed by atoms with Crippen molar-refractivity contribution in [2.75, 3.05) is 0 Å². The number of phenolic OH excluding ortho intramolecular Hbond substituents is 1. The summed E-state index contributed by atoms with van der Waals surface area (Å²) in [7, 11) is 0.293. The highest BCUT2D eigenvalue weighted by atomic mass is 31.1. The molecule has 2 aromatic carbocycles. The van der Waals surface area contributed by atoms with Crippen molar-refractivity contribution < 1.29 is 9.90 Å². The summed E-state index contributed by atoms with van der Waals surface area (Å²) in [6.45, 7) is 3.44. The van der Waals surface area contributed by atoms with E-state index in [0.717, 1.165) is 21.7 Å². The molecule has 1 N–H and O–H groups in total. The van der Waals surface area contributed by atoms with Crippen LogP contribution in [0.5, 0.6) is 5.75 Å². The molecule has 1 unspecified atom stereocenters. The summed E-state index contributed by atoms with van der Waals surface area (Å²) in [4.78, 5) is 11.6. The maximum Gasteiger partial charge on any atom is 0.160 e. The second-order valence-electron chi connectivity index (χ2n) is 4.20. The molecule has 0 aliphatic heterocycles. The van der Waals surface area contributed by atoms with E-state index in [1.165, 1.54) is 0 Å². The van der Waals surface area contributed by atoms with Gasteiger partial charge in [0, 0.05) is 10.9 Å². The molecule has 1 atom stereocenters. The smallest absolute Gasteiger partial charge is 0.160 e. The first-order valence-corrected chi connectivity index (χ1v) is 6.75. The van der Waals surface area contributed by atoms with Crippen LogP contribution in [0.4, 0.5) is 0 Å². The number of para-hydroxylation sites is 1. The van der Waals surface area contributed by atoms with Gasteiger partial charge in [-0.1, -0.05) is 51.0 Å². The molecule has 2 aromatic rings. The lowest BCUT2D eigenvalue weighted by Crippen LogP contribution is -2.12. The summed E-state index contributed by atoms with van der Waals surface area (Å²) in [5, 5.41) is 11.9. The first-order valence-electron chi connectivity index (χ1n) is 5.75. The lowest BCUT2D eigenvalue weighted by atomic mass is 10.1. The van der Waals surface area contributed by atoms with E-state index in [9.17, 15) is 9.90 Å². The minimum atomic E-state index is 0.0604. The van der Waals surface area contributed by atoms with Crippen molar-refractivity contribution in [2.24, 2.45) is 0 Å². The number of benzene rings is 2. The van der Waals surface area contributed by atoms with Gasteiger partial charge in [-0.25, -0.2) is 0 Å². The molecular formula is C15H15O2P. The number of ketones is 1. The van der Waals surface area contributed by atoms with Crippen LogP contribution in [-0.4, -0.2) is 10.9 Å². The quantitative estimate of drug-likeness (QED) is 0.678. The maximum atomic E-state index is 11.6. The fourth-order valence-corrected chi connectivity index (χ4v) is 3.16. The Morgan fingerprint density at radius 1 is 1.06 bits per heavy atom. The average Bonchev–Trinajstić information content (AvgIpc) is 2.35. The highest BCUT2D eigenvalue weighted by Crippen LogP contribution is 2.22. The van der Waals surface area contributed by atoms with Crippen LogP contribution in [0.25, 0.3) is 0 Å². The number of aromatic hydroxyl groups is 1. The number of hydrogen-bond donors (Lipinski definition) is 1. The molecule has 0 aromatic heterocycles. The predicted molar refractivity (Wildman–Crippen MR) is 76.9 cm³/mol. The third-order valence-electron chi connectivity index (χ3n) is 2.81. The number of rotatable bonds is 3. The topological polar surface area (TPSA) is 37.3 Å². The second-order valence-corrected chi connectivity index (χ2v) is 5.53. The third kappa shape index (κ3) is 2.60. The van der Waals surface area contributed by atoms with Gasteiger partial charge in [0.2, 0.25) is 0 Å². The molecule has 2 nitrogen and oxygen atoms in total. The predicted octanol–water partition coefficient (Wildman–Crippen LogP) is 2.53. The molecule has 0 aliphatic rings. The number of carbonyl (C=O) groups excluding carboxylic acids is 1. The Morgan fingerprint density at radius 3 is 2.44 bits per heavy atom. The summed E-state index contributed by atoms with van der Waals surface area (Å²) in [5.74, 6) is 0.388. The van der Waals surface area contributed by atoms with Crippen LogP contribution in [0.1, 0.15) is 22.8 Å². The van der Waals surface area contributed by atoms with E-state index in [1.807, 2.05) is 49.4 Å². The highest BCUT2D eigenvalue weighted by molar-refractivity contribution is 7.56. The Labute approximate surface area is 108 Å². The van der Waals surface area contributed by atoms with E-state index in [4.69, 9.17) is 0 Å². The number of hydrogen-bond acceptors (Lipinski definition) is 2. The summed E-state index contributed by atoms with van der Waals surface area (Å²) in [6.07, 6.45) is 0. The van der Waals surface area contributed by atoms with Gasteiger partial charge in [0.1, 0.15) is 5.75 Å². The zero-order valence-electron chi connectivity index (χ0n) is 10.4. The third-order valence-corrected chi connectivity index (χ3v) is 4.19. The van der Waals surface area contributed by atoms with Crippen molar-refractivity contribution in [3.05, 3.63) is 53.6 Å². The van der Waals surface area contributed by atoms with Gasteiger partial charge in [-0.15, -0.1) is 0 Å². The van der Waals surface area contributed by atoms with Crippen molar-refractivity contribution in [3.8, 4) is 5.75 Å². The maximum absolute atomic E-state index is 11.6. The Bertz CT molecular complexity index is 591. The monoisotopic (exact) mass is 258 g/mol. The molecule has 0 spiro atoms. The number of carbonyl (C=O) groups is 1. The first-order chi connectivity index (χ1) is 8.59. The van der Waals surface area contributed by atoms with Gasteiger partial charge >= 0.3 is 0 Å². The molecular weight excluding hydrogens is 243 g/mol. The molecule has 18 heavy (non-hydrogen) atoms. The van der Waals surface area contributed by atoms with Crippen LogP contribution in [0.3, 0.4) is 0 Å². The Morgan fingerprint density at radius 2 is 1.72 bits per heavy atom. The van der Waals surface area contributed by atoms with E-state index in [-0.39, 0.29) is 5.78 Å². The van der Waals surface area contributed by atoms with Crippen LogP contribution in [0, 0.1) is 6.92 Å². The van der Waals surface area contributed by atoms with E-state index in [0.29, 0.717) is 14.3 Å². The van der Waals surface area contributed by atoms with Crippen molar-refractivity contribution in [3.63, 3.8) is 0 Å². The van der Waals surface area contributed by atoms with E-state index >= 15 is 0 Å². The van der Waals surface area contributed by atoms with Crippen molar-refractivity contribution >= 4 is 25.0 Å². The number of aryl methyl sites for hydroxylation is 1. The summed E-state index contributed by atoms with van der Waals surface area (Å²) >= 11 is 0. The summed E-state index contributed by atoms with van der Waals surface area (Å²) in [5.41, 5.74) is 1.59. The van der Waals surface area contributed by atoms with E-state index < -0.39 is 0 Å². The Kier molecular flexibility index (Phi) is 3.78. The standard InChI is InChI=1S/C15H15O2P/c1-10-6-5-9-14(15(10)17)18-13-8-4-3-7-12(13)11(2)16/h3-9,17-18H,1-2H3. The van der Waals surface area contributed by atoms with Crippen LogP contribution in [0.2, 0.25) is 0 Å². The molecule has 0 heterocycles. The Balaban J connectivity index is 2.40. The zero-order chi connectivity index (χ0) is 13.1. The van der Waals surface area contributed by atoms with Gasteiger partial charge in [-0.05, 0) is 24.7 Å². The summed E-state index contributed by atoms with van der Waals surface area (Å²) in [6, 6.07) is 13.3. The van der Waals surface area contributed by atoms with Gasteiger partial charge in [0.25, 0.3) is 0 Å². The molecule has 0 bridgehead atoms. The van der Waals surface area contributed by atoms with Crippen molar-refractivity contribution in [1.29, 1.82) is 0 Å². The van der Waals surface area contributed by atoms with Crippen molar-refractivity contribution in [2.45, 2.75) is 13.8 Å². The minimum absolute atomic E-state index is 0.0604. The van der Waals surface area contributed by atoms with Crippen molar-refractivity contribution in [1.82, 2.24) is 0 Å². The minimum Gasteiger partial charge on any atom is -0.507 e. The van der Waals surface area contributed by atoms with Gasteiger partial charge in [0.05, 0.1) is 0 Å². The molecule has 92 valence electrons. The number of Topliss-reactive ketones (excluding diaryl/α,β-unsaturated/α-hetero) is 1. The number of phenols is 1. The van der Waals surface area contributed by atoms with Gasteiger partial charge < -0.3 is 5.11 Å². The fraction of sp³-hybridized carbons (Fsp3) is 0.133. The van der Waals surface area contributed by atoms with E-state index in [1.54, 1.807) is 6.92 Å². The molecule has 2 rings (SSSR count). The average molecular weight is 258 g/mol. The van der Waals surface area contributed by atoms with Crippen LogP contribution >= 0.6 is 8.58 Å². The molecule has 0 saturated heterocycles.